The molecule has 3 rings (SSSR count). The fourth-order valence-corrected chi connectivity index (χ4v) is 3.83. The van der Waals surface area contributed by atoms with Crippen LogP contribution in [0.25, 0.3) is 0 Å². The van der Waals surface area contributed by atoms with E-state index in [0.717, 1.165) is 11.1 Å². The van der Waals surface area contributed by atoms with Crippen molar-refractivity contribution in [2.24, 2.45) is 5.92 Å². The fraction of sp³-hybridized carbons (Fsp3) is 0.591. The van der Waals surface area contributed by atoms with Gasteiger partial charge >= 0.3 is 17.9 Å². The molecule has 7 nitrogen and oxygen atoms in total. The molecule has 0 aromatic heterocycles. The molecule has 0 aromatic carbocycles. The van der Waals surface area contributed by atoms with Gasteiger partial charge in [0, 0.05) is 25.3 Å². The van der Waals surface area contributed by atoms with Gasteiger partial charge in [-0.15, -0.1) is 0 Å². The van der Waals surface area contributed by atoms with Crippen molar-refractivity contribution in [1.29, 1.82) is 0 Å². The molecule has 29 heavy (non-hydrogen) atoms. The molecule has 2 heterocycles. The summed E-state index contributed by atoms with van der Waals surface area (Å²) in [5, 5.41) is 0. The zero-order valence-electron chi connectivity index (χ0n) is 17.5. The number of hydrogen-bond acceptors (Lipinski definition) is 7. The van der Waals surface area contributed by atoms with E-state index in [4.69, 9.17) is 18.9 Å². The molecule has 0 amide bonds. The Morgan fingerprint density at radius 3 is 2.52 bits per heavy atom. The number of epoxide rings is 1. The number of fused-ring (bicyclic) bond motifs is 1. The van der Waals surface area contributed by atoms with Crippen LogP contribution < -0.4 is 0 Å². The van der Waals surface area contributed by atoms with E-state index in [0.29, 0.717) is 12.8 Å². The van der Waals surface area contributed by atoms with Crippen LogP contribution in [0.1, 0.15) is 47.5 Å². The molecule has 0 unspecified atom stereocenters. The van der Waals surface area contributed by atoms with Crippen molar-refractivity contribution in [2.45, 2.75) is 77.5 Å². The molecule has 0 spiro atoms. The van der Waals surface area contributed by atoms with Crippen molar-refractivity contribution in [2.75, 3.05) is 0 Å². The highest BCUT2D eigenvalue weighted by molar-refractivity contribution is 5.91. The van der Waals surface area contributed by atoms with Crippen LogP contribution in [0.4, 0.5) is 0 Å². The minimum absolute atomic E-state index is 0.210. The van der Waals surface area contributed by atoms with Gasteiger partial charge < -0.3 is 18.9 Å². The van der Waals surface area contributed by atoms with Gasteiger partial charge in [0.25, 0.3) is 0 Å². The van der Waals surface area contributed by atoms with Gasteiger partial charge in [-0.2, -0.15) is 0 Å². The van der Waals surface area contributed by atoms with Crippen molar-refractivity contribution >= 4 is 17.9 Å². The summed E-state index contributed by atoms with van der Waals surface area (Å²) in [6.07, 6.45) is 2.69. The second-order valence-electron chi connectivity index (χ2n) is 8.23. The molecule has 2 saturated heterocycles. The van der Waals surface area contributed by atoms with Gasteiger partial charge in [0.15, 0.2) is 5.60 Å². The zero-order chi connectivity index (χ0) is 21.5. The number of hydrogen-bond donors (Lipinski definition) is 0. The highest BCUT2D eigenvalue weighted by Crippen LogP contribution is 2.40. The van der Waals surface area contributed by atoms with Crippen molar-refractivity contribution < 1.29 is 33.3 Å². The SMILES string of the molecule is C=C1C(=O)O[C@H]2/C=C(/C)[C@@H](OC(C)=O)C/C=C(/C)C[C@@H](OC(=O)[C@]3(C)O[C@@H]3C)[C@@H]12. The highest BCUT2D eigenvalue weighted by Gasteiger charge is 2.58. The van der Waals surface area contributed by atoms with Crippen molar-refractivity contribution in [3.8, 4) is 0 Å². The van der Waals surface area contributed by atoms with E-state index in [1.54, 1.807) is 13.0 Å². The molecule has 0 aromatic rings. The molecule has 2 fully saturated rings. The molecule has 0 radical (unpaired) electrons. The molecule has 1 aliphatic carbocycles. The third-order valence-corrected chi connectivity index (χ3v) is 5.91. The first-order valence-corrected chi connectivity index (χ1v) is 9.82. The lowest BCUT2D eigenvalue weighted by atomic mass is 9.85. The van der Waals surface area contributed by atoms with E-state index in [-0.39, 0.29) is 17.6 Å². The summed E-state index contributed by atoms with van der Waals surface area (Å²) in [7, 11) is 0. The average molecular weight is 404 g/mol. The van der Waals surface area contributed by atoms with E-state index in [9.17, 15) is 14.4 Å². The maximum atomic E-state index is 12.7. The van der Waals surface area contributed by atoms with E-state index >= 15 is 0 Å². The van der Waals surface area contributed by atoms with Gasteiger partial charge in [0.1, 0.15) is 18.3 Å². The molecule has 7 heteroatoms. The Bertz CT molecular complexity index is 808. The molecule has 2 aliphatic heterocycles. The lowest BCUT2D eigenvalue weighted by molar-refractivity contribution is -0.158. The summed E-state index contributed by atoms with van der Waals surface area (Å²) < 4.78 is 22.2. The summed E-state index contributed by atoms with van der Waals surface area (Å²) in [5.74, 6) is -1.88. The molecule has 3 aliphatic rings. The predicted octanol–water partition coefficient (Wildman–Crippen LogP) is 2.79. The smallest absolute Gasteiger partial charge is 0.341 e. The van der Waals surface area contributed by atoms with Crippen LogP contribution in [0.5, 0.6) is 0 Å². The Kier molecular flexibility index (Phi) is 5.72. The zero-order valence-corrected chi connectivity index (χ0v) is 17.5. The van der Waals surface area contributed by atoms with Gasteiger partial charge in [-0.25, -0.2) is 9.59 Å². The minimum atomic E-state index is -0.959. The number of ether oxygens (including phenoxy) is 4. The monoisotopic (exact) mass is 404 g/mol. The quantitative estimate of drug-likeness (QED) is 0.235. The van der Waals surface area contributed by atoms with Crippen LogP contribution in [0.15, 0.2) is 35.5 Å². The van der Waals surface area contributed by atoms with Crippen molar-refractivity contribution in [1.82, 2.24) is 0 Å². The Morgan fingerprint density at radius 1 is 1.28 bits per heavy atom. The summed E-state index contributed by atoms with van der Waals surface area (Å²) in [5.41, 5.74) is 1.03. The van der Waals surface area contributed by atoms with Crippen LogP contribution in [0.3, 0.4) is 0 Å². The molecular weight excluding hydrogens is 376 g/mol. The Hall–Kier alpha value is -2.41. The first-order valence-electron chi connectivity index (χ1n) is 9.82. The topological polar surface area (TPSA) is 91.4 Å². The first-order chi connectivity index (χ1) is 13.5. The van der Waals surface area contributed by atoms with Crippen LogP contribution in [-0.2, 0) is 33.3 Å². The first kappa shape index (κ1) is 21.3. The van der Waals surface area contributed by atoms with Gasteiger partial charge in [0.2, 0.25) is 0 Å². The molecule has 6 atom stereocenters. The van der Waals surface area contributed by atoms with Gasteiger partial charge in [-0.3, -0.25) is 4.79 Å². The van der Waals surface area contributed by atoms with E-state index < -0.39 is 41.8 Å². The normalized spacial score (nSPS) is 40.5. The average Bonchev–Trinajstić information content (AvgIpc) is 3.15. The van der Waals surface area contributed by atoms with Gasteiger partial charge in [-0.1, -0.05) is 18.2 Å². The van der Waals surface area contributed by atoms with Gasteiger partial charge in [0.05, 0.1) is 12.0 Å². The van der Waals surface area contributed by atoms with E-state index in [2.05, 4.69) is 6.58 Å². The van der Waals surface area contributed by atoms with E-state index in [1.807, 2.05) is 26.8 Å². The predicted molar refractivity (Wildman–Crippen MR) is 104 cm³/mol. The molecular formula is C22H28O7. The highest BCUT2D eigenvalue weighted by atomic mass is 16.7. The van der Waals surface area contributed by atoms with Crippen LogP contribution >= 0.6 is 0 Å². The van der Waals surface area contributed by atoms with Crippen molar-refractivity contribution in [3.63, 3.8) is 0 Å². The maximum absolute atomic E-state index is 12.7. The lowest BCUT2D eigenvalue weighted by Gasteiger charge is -2.29. The summed E-state index contributed by atoms with van der Waals surface area (Å²) >= 11 is 0. The fourth-order valence-electron chi connectivity index (χ4n) is 3.83. The molecule has 0 bridgehead atoms. The lowest BCUT2D eigenvalue weighted by Crippen LogP contribution is -2.38. The van der Waals surface area contributed by atoms with Crippen molar-refractivity contribution in [3.05, 3.63) is 35.5 Å². The summed E-state index contributed by atoms with van der Waals surface area (Å²) in [6, 6.07) is 0. The molecule has 158 valence electrons. The second kappa shape index (κ2) is 7.78. The second-order valence-corrected chi connectivity index (χ2v) is 8.23. The Labute approximate surface area is 170 Å². The largest absolute Gasteiger partial charge is 0.459 e. The standard InChI is InChI=1S/C22H28O7/c1-11-7-8-16(26-15(5)23)12(2)10-18-19(13(3)20(24)27-18)17(9-11)28-21(25)22(6)14(4)29-22/h7,10,14,16-19H,3,8-9H2,1-2,4-6H3/b11-7-,12-10-/t14-,16+,17-,18+,19-,22-/m1/s1. The van der Waals surface area contributed by atoms with Crippen LogP contribution in [0, 0.1) is 5.92 Å². The summed E-state index contributed by atoms with van der Waals surface area (Å²) in [6.45, 7) is 12.5. The third-order valence-electron chi connectivity index (χ3n) is 5.91. The summed E-state index contributed by atoms with van der Waals surface area (Å²) in [4.78, 5) is 36.4. The number of carbonyl (C=O) groups is 3. The van der Waals surface area contributed by atoms with Crippen LogP contribution in [0.2, 0.25) is 0 Å². The molecule has 0 saturated carbocycles. The number of esters is 3. The van der Waals surface area contributed by atoms with E-state index in [1.165, 1.54) is 6.92 Å². The maximum Gasteiger partial charge on any atom is 0.341 e. The third kappa shape index (κ3) is 4.29. The number of carbonyl (C=O) groups excluding carboxylic acids is 3. The minimum Gasteiger partial charge on any atom is -0.459 e. The van der Waals surface area contributed by atoms with Crippen LogP contribution in [-0.4, -0.2) is 47.9 Å². The van der Waals surface area contributed by atoms with Gasteiger partial charge in [-0.05, 0) is 39.3 Å². The number of rotatable bonds is 3. The molecule has 0 N–H and O–H groups in total. The Balaban J connectivity index is 1.93. The Morgan fingerprint density at radius 2 is 1.93 bits per heavy atom.